The fourth-order valence-electron chi connectivity index (χ4n) is 1.71. The van der Waals surface area contributed by atoms with Crippen LogP contribution >= 0.6 is 0 Å². The van der Waals surface area contributed by atoms with E-state index < -0.39 is 0 Å². The number of fused-ring (bicyclic) bond motifs is 1. The summed E-state index contributed by atoms with van der Waals surface area (Å²) in [6, 6.07) is 8.52. The van der Waals surface area contributed by atoms with Crippen molar-refractivity contribution in [3.8, 4) is 0 Å². The van der Waals surface area contributed by atoms with Crippen LogP contribution < -0.4 is 0 Å². The molecular weight excluding hydrogens is 146 g/mol. The standard InChI is InChI=1S/C11H13N/c1-8-9(2)12(3)11-7-5-4-6-10(8)11/h4-7H,1-3H3. The predicted molar refractivity (Wildman–Crippen MR) is 52.4 cm³/mol. The second-order valence-electron chi connectivity index (χ2n) is 3.29. The molecule has 1 heteroatoms. The molecule has 1 aromatic carbocycles. The number of benzene rings is 1. The van der Waals surface area contributed by atoms with Gasteiger partial charge in [0.1, 0.15) is 0 Å². The van der Waals surface area contributed by atoms with Gasteiger partial charge in [0.25, 0.3) is 0 Å². The first-order valence-electron chi connectivity index (χ1n) is 4.22. The molecule has 1 heterocycles. The van der Waals surface area contributed by atoms with E-state index in [9.17, 15) is 0 Å². The lowest BCUT2D eigenvalue weighted by molar-refractivity contribution is 0.910. The first-order valence-corrected chi connectivity index (χ1v) is 4.22. The Morgan fingerprint density at radius 2 is 1.75 bits per heavy atom. The summed E-state index contributed by atoms with van der Waals surface area (Å²) in [6.07, 6.45) is 0. The molecule has 62 valence electrons. The molecule has 0 fully saturated rings. The molecule has 1 aromatic heterocycles. The van der Waals surface area contributed by atoms with E-state index in [4.69, 9.17) is 0 Å². The molecule has 0 N–H and O–H groups in total. The van der Waals surface area contributed by atoms with Gasteiger partial charge in [-0.05, 0) is 25.5 Å². The first kappa shape index (κ1) is 7.41. The molecular formula is C11H13N. The molecule has 0 saturated carbocycles. The fourth-order valence-corrected chi connectivity index (χ4v) is 1.71. The maximum absolute atomic E-state index is 2.24. The van der Waals surface area contributed by atoms with Crippen molar-refractivity contribution >= 4 is 10.9 Å². The monoisotopic (exact) mass is 159 g/mol. The van der Waals surface area contributed by atoms with Crippen LogP contribution in [0.15, 0.2) is 24.3 Å². The van der Waals surface area contributed by atoms with Crippen LogP contribution in [0.1, 0.15) is 11.3 Å². The van der Waals surface area contributed by atoms with Gasteiger partial charge < -0.3 is 4.57 Å². The van der Waals surface area contributed by atoms with Crippen LogP contribution in [0, 0.1) is 13.8 Å². The van der Waals surface area contributed by atoms with Gasteiger partial charge in [-0.1, -0.05) is 18.2 Å². The highest BCUT2D eigenvalue weighted by atomic mass is 14.9. The van der Waals surface area contributed by atoms with Gasteiger partial charge in [0.2, 0.25) is 0 Å². The molecule has 0 aliphatic carbocycles. The third-order valence-electron chi connectivity index (χ3n) is 2.72. The topological polar surface area (TPSA) is 4.93 Å². The zero-order valence-corrected chi connectivity index (χ0v) is 7.76. The highest BCUT2D eigenvalue weighted by Gasteiger charge is 2.05. The van der Waals surface area contributed by atoms with E-state index in [0.29, 0.717) is 0 Å². The number of para-hydroxylation sites is 1. The highest BCUT2D eigenvalue weighted by Crippen LogP contribution is 2.22. The number of rotatable bonds is 0. The number of hydrogen-bond acceptors (Lipinski definition) is 0. The summed E-state index contributed by atoms with van der Waals surface area (Å²) in [4.78, 5) is 0. The summed E-state index contributed by atoms with van der Waals surface area (Å²) in [7, 11) is 2.12. The van der Waals surface area contributed by atoms with Crippen LogP contribution in [-0.4, -0.2) is 4.57 Å². The largest absolute Gasteiger partial charge is 0.348 e. The Kier molecular flexibility index (Phi) is 1.47. The van der Waals surface area contributed by atoms with E-state index >= 15 is 0 Å². The Morgan fingerprint density at radius 3 is 2.42 bits per heavy atom. The quantitative estimate of drug-likeness (QED) is 0.557. The zero-order valence-electron chi connectivity index (χ0n) is 7.76. The number of nitrogens with zero attached hydrogens (tertiary/aromatic N) is 1. The number of aromatic nitrogens is 1. The summed E-state index contributed by atoms with van der Waals surface area (Å²) in [5.74, 6) is 0. The molecule has 0 aliphatic heterocycles. The van der Waals surface area contributed by atoms with Gasteiger partial charge in [-0.25, -0.2) is 0 Å². The van der Waals surface area contributed by atoms with Crippen LogP contribution in [0.3, 0.4) is 0 Å². The summed E-state index contributed by atoms with van der Waals surface area (Å²) in [5.41, 5.74) is 4.08. The summed E-state index contributed by atoms with van der Waals surface area (Å²) in [5, 5.41) is 1.37. The van der Waals surface area contributed by atoms with Crippen molar-refractivity contribution in [2.24, 2.45) is 7.05 Å². The van der Waals surface area contributed by atoms with Gasteiger partial charge in [0.05, 0.1) is 0 Å². The van der Waals surface area contributed by atoms with E-state index in [1.165, 1.54) is 22.2 Å². The summed E-state index contributed by atoms with van der Waals surface area (Å²) >= 11 is 0. The molecule has 0 amide bonds. The maximum Gasteiger partial charge on any atom is 0.0482 e. The maximum atomic E-state index is 2.24. The highest BCUT2D eigenvalue weighted by molar-refractivity contribution is 5.85. The van der Waals surface area contributed by atoms with Crippen molar-refractivity contribution in [2.75, 3.05) is 0 Å². The number of hydrogen-bond donors (Lipinski definition) is 0. The second kappa shape index (κ2) is 2.37. The van der Waals surface area contributed by atoms with Crippen LogP contribution in [-0.2, 0) is 7.05 Å². The van der Waals surface area contributed by atoms with E-state index in [-0.39, 0.29) is 0 Å². The molecule has 0 unspecified atom stereocenters. The average Bonchev–Trinajstić information content (AvgIpc) is 2.33. The lowest BCUT2D eigenvalue weighted by Gasteiger charge is -1.96. The fraction of sp³-hybridized carbons (Fsp3) is 0.273. The van der Waals surface area contributed by atoms with Crippen molar-refractivity contribution in [3.63, 3.8) is 0 Å². The van der Waals surface area contributed by atoms with Gasteiger partial charge >= 0.3 is 0 Å². The van der Waals surface area contributed by atoms with Gasteiger partial charge in [-0.2, -0.15) is 0 Å². The van der Waals surface area contributed by atoms with E-state index in [2.05, 4.69) is 49.7 Å². The predicted octanol–water partition coefficient (Wildman–Crippen LogP) is 2.80. The van der Waals surface area contributed by atoms with Crippen LogP contribution in [0.25, 0.3) is 10.9 Å². The van der Waals surface area contributed by atoms with Gasteiger partial charge in [0, 0.05) is 23.6 Å². The third-order valence-corrected chi connectivity index (χ3v) is 2.72. The smallest absolute Gasteiger partial charge is 0.0482 e. The Hall–Kier alpha value is -1.24. The minimum atomic E-state index is 1.33. The molecule has 0 atom stereocenters. The van der Waals surface area contributed by atoms with Crippen molar-refractivity contribution < 1.29 is 0 Å². The normalized spacial score (nSPS) is 10.9. The molecule has 0 spiro atoms. The van der Waals surface area contributed by atoms with Crippen LogP contribution in [0.5, 0.6) is 0 Å². The Bertz CT molecular complexity index is 385. The minimum Gasteiger partial charge on any atom is -0.348 e. The molecule has 0 radical (unpaired) electrons. The minimum absolute atomic E-state index is 1.33. The van der Waals surface area contributed by atoms with Crippen LogP contribution in [0.2, 0.25) is 0 Å². The Balaban J connectivity index is 2.99. The Labute approximate surface area is 72.6 Å². The SMILES string of the molecule is Cc1c(C)n(C)c2ccccc12. The lowest BCUT2D eigenvalue weighted by atomic mass is 10.2. The molecule has 0 aliphatic rings. The van der Waals surface area contributed by atoms with E-state index in [1.54, 1.807) is 0 Å². The van der Waals surface area contributed by atoms with Crippen molar-refractivity contribution in [1.82, 2.24) is 4.57 Å². The van der Waals surface area contributed by atoms with E-state index in [0.717, 1.165) is 0 Å². The number of aryl methyl sites for hydroxylation is 2. The van der Waals surface area contributed by atoms with Crippen molar-refractivity contribution in [2.45, 2.75) is 13.8 Å². The lowest BCUT2D eigenvalue weighted by Crippen LogP contribution is -1.89. The molecule has 0 bridgehead atoms. The molecule has 12 heavy (non-hydrogen) atoms. The molecule has 2 rings (SSSR count). The van der Waals surface area contributed by atoms with Gasteiger partial charge in [-0.3, -0.25) is 0 Å². The van der Waals surface area contributed by atoms with Crippen LogP contribution in [0.4, 0.5) is 0 Å². The van der Waals surface area contributed by atoms with Gasteiger partial charge in [-0.15, -0.1) is 0 Å². The molecule has 0 saturated heterocycles. The summed E-state index contributed by atoms with van der Waals surface area (Å²) < 4.78 is 2.24. The van der Waals surface area contributed by atoms with Crippen molar-refractivity contribution in [1.29, 1.82) is 0 Å². The first-order chi connectivity index (χ1) is 5.72. The van der Waals surface area contributed by atoms with E-state index in [1.807, 2.05) is 0 Å². The Morgan fingerprint density at radius 1 is 1.08 bits per heavy atom. The molecule has 2 aromatic rings. The zero-order chi connectivity index (χ0) is 8.72. The summed E-state index contributed by atoms with van der Waals surface area (Å²) in [6.45, 7) is 4.34. The average molecular weight is 159 g/mol. The second-order valence-corrected chi connectivity index (χ2v) is 3.29. The molecule has 1 nitrogen and oxygen atoms in total. The third kappa shape index (κ3) is 0.795. The van der Waals surface area contributed by atoms with Crippen molar-refractivity contribution in [3.05, 3.63) is 35.5 Å². The van der Waals surface area contributed by atoms with Gasteiger partial charge in [0.15, 0.2) is 0 Å².